The fraction of sp³-hybridized carbons (Fsp3) is 0.533. The summed E-state index contributed by atoms with van der Waals surface area (Å²) in [4.78, 5) is 14.0. The maximum absolute atomic E-state index is 12.3. The molecule has 1 unspecified atom stereocenters. The standard InChI is InChI=1S/C15H23ClN2O/c1-10(11-6-8-12(16)9-7-11)18(5)14(19)13(17)15(2,3)4/h6-10,13H,17H2,1-5H3/t10?,13-/m1/s1. The number of benzene rings is 1. The van der Waals surface area contributed by atoms with Gasteiger partial charge in [-0.05, 0) is 30.0 Å². The summed E-state index contributed by atoms with van der Waals surface area (Å²) in [5, 5.41) is 0.691. The van der Waals surface area contributed by atoms with Gasteiger partial charge in [0.2, 0.25) is 5.91 Å². The van der Waals surface area contributed by atoms with Gasteiger partial charge in [0, 0.05) is 12.1 Å². The number of amides is 1. The highest BCUT2D eigenvalue weighted by molar-refractivity contribution is 6.30. The van der Waals surface area contributed by atoms with Gasteiger partial charge >= 0.3 is 0 Å². The van der Waals surface area contributed by atoms with Gasteiger partial charge in [-0.3, -0.25) is 4.79 Å². The predicted octanol–water partition coefficient (Wildman–Crippen LogP) is 3.23. The summed E-state index contributed by atoms with van der Waals surface area (Å²) < 4.78 is 0. The molecule has 0 fully saturated rings. The first kappa shape index (κ1) is 16.0. The SMILES string of the molecule is CC(c1ccc(Cl)cc1)N(C)C(=O)[C@@H](N)C(C)(C)C. The number of carbonyl (C=O) groups is 1. The number of hydrogen-bond donors (Lipinski definition) is 1. The van der Waals surface area contributed by atoms with E-state index < -0.39 is 6.04 Å². The molecule has 0 radical (unpaired) electrons. The zero-order valence-electron chi connectivity index (χ0n) is 12.3. The Morgan fingerprint density at radius 1 is 1.26 bits per heavy atom. The molecule has 1 rings (SSSR count). The van der Waals surface area contributed by atoms with Gasteiger partial charge in [-0.2, -0.15) is 0 Å². The maximum Gasteiger partial charge on any atom is 0.240 e. The third kappa shape index (κ3) is 3.95. The number of nitrogens with zero attached hydrogens (tertiary/aromatic N) is 1. The number of hydrogen-bond acceptors (Lipinski definition) is 2. The quantitative estimate of drug-likeness (QED) is 0.925. The van der Waals surface area contributed by atoms with Crippen molar-refractivity contribution in [3.63, 3.8) is 0 Å². The van der Waals surface area contributed by atoms with Crippen LogP contribution in [0.1, 0.15) is 39.3 Å². The van der Waals surface area contributed by atoms with E-state index in [1.807, 2.05) is 52.0 Å². The monoisotopic (exact) mass is 282 g/mol. The lowest BCUT2D eigenvalue weighted by Gasteiger charge is -2.33. The van der Waals surface area contributed by atoms with E-state index in [1.165, 1.54) is 0 Å². The fourth-order valence-electron chi connectivity index (χ4n) is 1.75. The molecule has 0 bridgehead atoms. The lowest BCUT2D eigenvalue weighted by atomic mass is 9.86. The maximum atomic E-state index is 12.3. The van der Waals surface area contributed by atoms with Crippen LogP contribution in [0, 0.1) is 5.41 Å². The van der Waals surface area contributed by atoms with Gasteiger partial charge < -0.3 is 10.6 Å². The first-order chi connectivity index (χ1) is 8.64. The zero-order chi connectivity index (χ0) is 14.8. The molecule has 0 aliphatic heterocycles. The van der Waals surface area contributed by atoms with Crippen molar-refractivity contribution in [1.29, 1.82) is 0 Å². The highest BCUT2D eigenvalue weighted by atomic mass is 35.5. The molecule has 0 spiro atoms. The summed E-state index contributed by atoms with van der Waals surface area (Å²) in [7, 11) is 1.78. The van der Waals surface area contributed by atoms with E-state index in [0.717, 1.165) is 5.56 Å². The van der Waals surface area contributed by atoms with E-state index in [4.69, 9.17) is 17.3 Å². The molecular formula is C15H23ClN2O. The number of rotatable bonds is 3. The largest absolute Gasteiger partial charge is 0.338 e. The Hall–Kier alpha value is -1.06. The minimum atomic E-state index is -0.507. The molecule has 3 nitrogen and oxygen atoms in total. The van der Waals surface area contributed by atoms with Crippen molar-refractivity contribution in [2.24, 2.45) is 11.1 Å². The molecule has 0 aromatic heterocycles. The smallest absolute Gasteiger partial charge is 0.240 e. The minimum Gasteiger partial charge on any atom is -0.338 e. The highest BCUT2D eigenvalue weighted by Crippen LogP contribution is 2.24. The summed E-state index contributed by atoms with van der Waals surface area (Å²) >= 11 is 5.87. The van der Waals surface area contributed by atoms with E-state index in [1.54, 1.807) is 11.9 Å². The van der Waals surface area contributed by atoms with Crippen molar-refractivity contribution < 1.29 is 4.79 Å². The summed E-state index contributed by atoms with van der Waals surface area (Å²) in [5.74, 6) is -0.0463. The molecule has 1 aromatic carbocycles. The first-order valence-corrected chi connectivity index (χ1v) is 6.80. The molecule has 0 heterocycles. The van der Waals surface area contributed by atoms with Gasteiger partial charge in [0.1, 0.15) is 0 Å². The van der Waals surface area contributed by atoms with E-state index in [2.05, 4.69) is 0 Å². The third-order valence-electron chi connectivity index (χ3n) is 3.48. The average molecular weight is 283 g/mol. The Kier molecular flexibility index (Phi) is 4.99. The van der Waals surface area contributed by atoms with Gasteiger partial charge in [0.05, 0.1) is 12.1 Å². The Morgan fingerprint density at radius 3 is 2.16 bits per heavy atom. The van der Waals surface area contributed by atoms with Crippen LogP contribution in [0.2, 0.25) is 5.02 Å². The molecule has 0 aliphatic carbocycles. The number of carbonyl (C=O) groups excluding carboxylic acids is 1. The Morgan fingerprint density at radius 2 is 1.74 bits per heavy atom. The van der Waals surface area contributed by atoms with Gasteiger partial charge in [-0.1, -0.05) is 44.5 Å². The molecule has 0 saturated carbocycles. The van der Waals surface area contributed by atoms with E-state index in [0.29, 0.717) is 5.02 Å². The second-order valence-corrected chi connectivity index (χ2v) is 6.46. The molecule has 4 heteroatoms. The molecular weight excluding hydrogens is 260 g/mol. The molecule has 1 aromatic rings. The van der Waals surface area contributed by atoms with Crippen molar-refractivity contribution in [3.05, 3.63) is 34.9 Å². The molecule has 2 atom stereocenters. The summed E-state index contributed by atoms with van der Waals surface area (Å²) in [6, 6.07) is 6.98. The lowest BCUT2D eigenvalue weighted by molar-refractivity contribution is -0.135. The molecule has 1 amide bonds. The first-order valence-electron chi connectivity index (χ1n) is 6.42. The van der Waals surface area contributed by atoms with Crippen molar-refractivity contribution in [2.75, 3.05) is 7.05 Å². The van der Waals surface area contributed by atoms with Crippen LogP contribution in [0.3, 0.4) is 0 Å². The lowest BCUT2D eigenvalue weighted by Crippen LogP contribution is -2.49. The number of likely N-dealkylation sites (N-methyl/N-ethyl adjacent to an activating group) is 1. The molecule has 106 valence electrons. The van der Waals surface area contributed by atoms with Crippen LogP contribution < -0.4 is 5.73 Å². The van der Waals surface area contributed by atoms with Crippen LogP contribution in [-0.4, -0.2) is 23.9 Å². The van der Waals surface area contributed by atoms with E-state index in [-0.39, 0.29) is 17.4 Å². The Balaban J connectivity index is 2.85. The van der Waals surface area contributed by atoms with Crippen LogP contribution in [-0.2, 0) is 4.79 Å². The van der Waals surface area contributed by atoms with Crippen LogP contribution in [0.15, 0.2) is 24.3 Å². The second-order valence-electron chi connectivity index (χ2n) is 6.02. The molecule has 0 saturated heterocycles. The predicted molar refractivity (Wildman–Crippen MR) is 80.1 cm³/mol. The van der Waals surface area contributed by atoms with Gasteiger partial charge in [-0.15, -0.1) is 0 Å². The summed E-state index contributed by atoms with van der Waals surface area (Å²) in [5.41, 5.74) is 6.82. The third-order valence-corrected chi connectivity index (χ3v) is 3.73. The second kappa shape index (κ2) is 5.93. The van der Waals surface area contributed by atoms with Crippen LogP contribution in [0.5, 0.6) is 0 Å². The molecule has 0 aliphatic rings. The molecule has 2 N–H and O–H groups in total. The van der Waals surface area contributed by atoms with E-state index >= 15 is 0 Å². The Bertz CT molecular complexity index is 436. The van der Waals surface area contributed by atoms with Crippen molar-refractivity contribution in [1.82, 2.24) is 4.90 Å². The van der Waals surface area contributed by atoms with Crippen molar-refractivity contribution in [3.8, 4) is 0 Å². The topological polar surface area (TPSA) is 46.3 Å². The normalized spacial score (nSPS) is 14.9. The molecule has 19 heavy (non-hydrogen) atoms. The Labute approximate surface area is 120 Å². The van der Waals surface area contributed by atoms with Crippen LogP contribution in [0.25, 0.3) is 0 Å². The zero-order valence-corrected chi connectivity index (χ0v) is 13.0. The fourth-order valence-corrected chi connectivity index (χ4v) is 1.87. The van der Waals surface area contributed by atoms with Crippen molar-refractivity contribution in [2.45, 2.75) is 39.8 Å². The number of halogens is 1. The highest BCUT2D eigenvalue weighted by Gasteiger charge is 2.31. The van der Waals surface area contributed by atoms with Crippen LogP contribution in [0.4, 0.5) is 0 Å². The average Bonchev–Trinajstić information content (AvgIpc) is 2.35. The van der Waals surface area contributed by atoms with Gasteiger partial charge in [0.15, 0.2) is 0 Å². The van der Waals surface area contributed by atoms with Gasteiger partial charge in [0.25, 0.3) is 0 Å². The number of nitrogens with two attached hydrogens (primary N) is 1. The van der Waals surface area contributed by atoms with E-state index in [9.17, 15) is 4.79 Å². The van der Waals surface area contributed by atoms with Crippen molar-refractivity contribution >= 4 is 17.5 Å². The minimum absolute atomic E-state index is 0.0295. The van der Waals surface area contributed by atoms with Gasteiger partial charge in [-0.25, -0.2) is 0 Å². The van der Waals surface area contributed by atoms with Crippen LogP contribution >= 0.6 is 11.6 Å². The summed E-state index contributed by atoms with van der Waals surface area (Å²) in [6.07, 6.45) is 0. The summed E-state index contributed by atoms with van der Waals surface area (Å²) in [6.45, 7) is 7.89.